The topological polar surface area (TPSA) is 100 Å². The van der Waals surface area contributed by atoms with Gasteiger partial charge in [0, 0.05) is 30.8 Å². The summed E-state index contributed by atoms with van der Waals surface area (Å²) in [6.45, 7) is 0.263. The zero-order valence-corrected chi connectivity index (χ0v) is 18.9. The second kappa shape index (κ2) is 8.23. The van der Waals surface area contributed by atoms with Gasteiger partial charge < -0.3 is 19.8 Å². The van der Waals surface area contributed by atoms with E-state index in [1.54, 1.807) is 30.7 Å². The molecule has 4 aromatic rings. The van der Waals surface area contributed by atoms with Crippen LogP contribution in [0.2, 0.25) is 0 Å². The summed E-state index contributed by atoms with van der Waals surface area (Å²) in [6.07, 6.45) is 4.82. The van der Waals surface area contributed by atoms with E-state index in [1.807, 2.05) is 37.8 Å². The first kappa shape index (κ1) is 21.5. The minimum absolute atomic E-state index is 0.223. The molecule has 0 radical (unpaired) electrons. The van der Waals surface area contributed by atoms with Gasteiger partial charge in [-0.05, 0) is 24.3 Å². The van der Waals surface area contributed by atoms with E-state index in [4.69, 9.17) is 20.3 Å². The number of nitrogens with zero attached hydrogens (tertiary/aromatic N) is 6. The van der Waals surface area contributed by atoms with Crippen LogP contribution in [0, 0.1) is 5.82 Å². The summed E-state index contributed by atoms with van der Waals surface area (Å²) in [6, 6.07) is 11.6. The Hall–Kier alpha value is -4.31. The summed E-state index contributed by atoms with van der Waals surface area (Å²) in [5.74, 6) is 1.89. The third-order valence-corrected chi connectivity index (χ3v) is 5.47. The summed E-state index contributed by atoms with van der Waals surface area (Å²) < 4.78 is 27.8. The summed E-state index contributed by atoms with van der Waals surface area (Å²) in [4.78, 5) is 12.5. The molecule has 1 aliphatic rings. The van der Waals surface area contributed by atoms with Gasteiger partial charge in [-0.2, -0.15) is 9.58 Å². The SMILES string of the molecule is Cn1cncc1COc1cc(F)cc(Oc2ccc(C3=N[N+](C)(C)c4ncnc(N)c43)cc2)c1. The van der Waals surface area contributed by atoms with Crippen LogP contribution in [0.15, 0.2) is 66.4 Å². The molecule has 0 unspecified atom stereocenters. The number of anilines is 1. The van der Waals surface area contributed by atoms with Crippen molar-refractivity contribution in [1.29, 1.82) is 0 Å². The average molecular weight is 460 g/mol. The first-order chi connectivity index (χ1) is 16.3. The summed E-state index contributed by atoms with van der Waals surface area (Å²) in [7, 11) is 5.72. The van der Waals surface area contributed by atoms with Crippen molar-refractivity contribution in [1.82, 2.24) is 24.1 Å². The van der Waals surface area contributed by atoms with Crippen molar-refractivity contribution in [2.45, 2.75) is 6.61 Å². The summed E-state index contributed by atoms with van der Waals surface area (Å²) >= 11 is 0. The van der Waals surface area contributed by atoms with Crippen LogP contribution < -0.4 is 19.8 Å². The van der Waals surface area contributed by atoms with Gasteiger partial charge in [-0.15, -0.1) is 0 Å². The Morgan fingerprint density at radius 3 is 2.53 bits per heavy atom. The van der Waals surface area contributed by atoms with E-state index in [0.717, 1.165) is 22.6 Å². The molecule has 0 amide bonds. The van der Waals surface area contributed by atoms with E-state index in [-0.39, 0.29) is 11.2 Å². The second-order valence-electron chi connectivity index (χ2n) is 8.33. The minimum atomic E-state index is -0.457. The molecule has 2 aromatic heterocycles. The number of aromatic nitrogens is 4. The lowest BCUT2D eigenvalue weighted by Crippen LogP contribution is -2.32. The van der Waals surface area contributed by atoms with Gasteiger partial charge in [-0.3, -0.25) is 0 Å². The van der Waals surface area contributed by atoms with Gasteiger partial charge in [-0.25, -0.2) is 14.4 Å². The van der Waals surface area contributed by atoms with Crippen molar-refractivity contribution in [3.63, 3.8) is 0 Å². The fourth-order valence-corrected chi connectivity index (χ4v) is 3.76. The number of halogens is 1. The van der Waals surface area contributed by atoms with Crippen LogP contribution in [-0.4, -0.2) is 39.3 Å². The van der Waals surface area contributed by atoms with E-state index < -0.39 is 5.82 Å². The molecule has 5 rings (SSSR count). The Morgan fingerprint density at radius 2 is 1.79 bits per heavy atom. The molecule has 0 saturated heterocycles. The van der Waals surface area contributed by atoms with Crippen LogP contribution in [-0.2, 0) is 13.7 Å². The third-order valence-electron chi connectivity index (χ3n) is 5.47. The predicted molar refractivity (Wildman–Crippen MR) is 126 cm³/mol. The van der Waals surface area contributed by atoms with Crippen LogP contribution in [0.5, 0.6) is 17.2 Å². The minimum Gasteiger partial charge on any atom is -0.487 e. The quantitative estimate of drug-likeness (QED) is 0.441. The van der Waals surface area contributed by atoms with Crippen LogP contribution in [0.3, 0.4) is 0 Å². The highest BCUT2D eigenvalue weighted by molar-refractivity contribution is 6.19. The molecule has 10 heteroatoms. The van der Waals surface area contributed by atoms with Gasteiger partial charge in [0.1, 0.15) is 53.1 Å². The maximum absolute atomic E-state index is 14.2. The number of fused-ring (bicyclic) bond motifs is 1. The molecule has 2 aromatic carbocycles. The number of hydrogen-bond donors (Lipinski definition) is 1. The van der Waals surface area contributed by atoms with Gasteiger partial charge in [0.25, 0.3) is 5.82 Å². The molecule has 3 heterocycles. The number of quaternary nitrogens is 1. The molecule has 0 bridgehead atoms. The predicted octanol–water partition coefficient (Wildman–Crippen LogP) is 3.64. The second-order valence-corrected chi connectivity index (χ2v) is 8.33. The number of rotatable bonds is 6. The van der Waals surface area contributed by atoms with E-state index in [9.17, 15) is 4.39 Å². The highest BCUT2D eigenvalue weighted by atomic mass is 19.1. The number of ether oxygens (including phenoxy) is 2. The Kier molecular flexibility index (Phi) is 5.21. The fourth-order valence-electron chi connectivity index (χ4n) is 3.76. The number of nitrogens with two attached hydrogens (primary N) is 1. The lowest BCUT2D eigenvalue weighted by molar-refractivity contribution is 0.294. The van der Waals surface area contributed by atoms with Gasteiger partial charge in [0.2, 0.25) is 0 Å². The van der Waals surface area contributed by atoms with E-state index in [1.165, 1.54) is 18.5 Å². The highest BCUT2D eigenvalue weighted by Crippen LogP contribution is 2.35. The Morgan fingerprint density at radius 1 is 1.03 bits per heavy atom. The first-order valence-corrected chi connectivity index (χ1v) is 10.5. The monoisotopic (exact) mass is 460 g/mol. The number of imidazole rings is 1. The van der Waals surface area contributed by atoms with Crippen LogP contribution in [0.25, 0.3) is 0 Å². The van der Waals surface area contributed by atoms with Crippen LogP contribution >= 0.6 is 0 Å². The van der Waals surface area contributed by atoms with E-state index in [0.29, 0.717) is 28.8 Å². The Bertz CT molecular complexity index is 1400. The van der Waals surface area contributed by atoms with Crippen molar-refractivity contribution in [3.05, 3.63) is 84.0 Å². The van der Waals surface area contributed by atoms with Gasteiger partial charge >= 0.3 is 0 Å². The average Bonchev–Trinajstić information content (AvgIpc) is 3.33. The van der Waals surface area contributed by atoms with E-state index >= 15 is 0 Å². The molecular weight excluding hydrogens is 437 g/mol. The Balaban J connectivity index is 1.35. The number of nitrogen functional groups attached to an aromatic ring is 1. The highest BCUT2D eigenvalue weighted by Gasteiger charge is 2.38. The molecule has 172 valence electrons. The van der Waals surface area contributed by atoms with Gasteiger partial charge in [-0.1, -0.05) is 5.10 Å². The van der Waals surface area contributed by atoms with Crippen molar-refractivity contribution in [3.8, 4) is 17.2 Å². The molecule has 9 nitrogen and oxygen atoms in total. The molecule has 0 spiro atoms. The molecule has 34 heavy (non-hydrogen) atoms. The molecule has 0 fully saturated rings. The fraction of sp³-hybridized carbons (Fsp3) is 0.167. The van der Waals surface area contributed by atoms with Gasteiger partial charge in [0.05, 0.1) is 32.3 Å². The summed E-state index contributed by atoms with van der Waals surface area (Å²) in [5.41, 5.74) is 9.27. The number of hydrogen-bond acceptors (Lipinski definition) is 7. The number of aryl methyl sites for hydroxylation is 1. The molecule has 1 aliphatic heterocycles. The maximum atomic E-state index is 14.2. The first-order valence-electron chi connectivity index (χ1n) is 10.5. The third kappa shape index (κ3) is 4.06. The largest absolute Gasteiger partial charge is 0.487 e. The smallest absolute Gasteiger partial charge is 0.268 e. The number of benzene rings is 2. The normalized spacial score (nSPS) is 13.9. The molecule has 2 N–H and O–H groups in total. The van der Waals surface area contributed by atoms with Crippen molar-refractivity contribution in [2.24, 2.45) is 12.1 Å². The molecule has 0 atom stereocenters. The van der Waals surface area contributed by atoms with Crippen molar-refractivity contribution in [2.75, 3.05) is 19.8 Å². The van der Waals surface area contributed by atoms with Gasteiger partial charge in [0.15, 0.2) is 0 Å². The van der Waals surface area contributed by atoms with Crippen LogP contribution in [0.4, 0.5) is 16.0 Å². The lowest BCUT2D eigenvalue weighted by Gasteiger charge is -2.15. The zero-order chi connectivity index (χ0) is 23.9. The lowest BCUT2D eigenvalue weighted by atomic mass is 10.0. The zero-order valence-electron chi connectivity index (χ0n) is 18.9. The van der Waals surface area contributed by atoms with Crippen LogP contribution in [0.1, 0.15) is 16.8 Å². The standard InChI is InChI=1S/C24H23FN7O2/c1-31-14-27-11-17(31)12-33-19-8-16(25)9-20(10-19)34-18-6-4-15(5-7-18)22-21-23(26)28-13-29-24(21)32(2,3)30-22/h4-11,13-14H,12H2,1-3H3,(H2,26,28,29)/q+1. The molecule has 0 aliphatic carbocycles. The Labute approximate surface area is 195 Å². The van der Waals surface area contributed by atoms with Crippen molar-refractivity contribution < 1.29 is 13.9 Å². The molecular formula is C24H23FN7O2+. The molecule has 0 saturated carbocycles. The van der Waals surface area contributed by atoms with Crippen molar-refractivity contribution >= 4 is 17.3 Å². The summed E-state index contributed by atoms with van der Waals surface area (Å²) in [5, 5.41) is 4.76. The van der Waals surface area contributed by atoms with E-state index in [2.05, 4.69) is 15.0 Å². The maximum Gasteiger partial charge on any atom is 0.268 e.